The van der Waals surface area contributed by atoms with Crippen LogP contribution >= 0.6 is 0 Å². The molecule has 1 aromatic carbocycles. The molecule has 0 radical (unpaired) electrons. The number of hydrogen-bond acceptors (Lipinski definition) is 2. The molecule has 0 aliphatic heterocycles. The van der Waals surface area contributed by atoms with Crippen LogP contribution in [0, 0.1) is 6.92 Å². The molecule has 0 saturated heterocycles. The fourth-order valence-corrected chi connectivity index (χ4v) is 2.28. The molecule has 0 aliphatic rings. The second-order valence-corrected chi connectivity index (χ2v) is 4.51. The highest BCUT2D eigenvalue weighted by Gasteiger charge is 2.17. The third-order valence-electron chi connectivity index (χ3n) is 3.12. The van der Waals surface area contributed by atoms with Crippen molar-refractivity contribution in [2.75, 3.05) is 0 Å². The predicted octanol–water partition coefficient (Wildman–Crippen LogP) is 3.29. The maximum atomic E-state index is 11.3. The minimum Gasteiger partial charge on any atom is -0.477 e. The third-order valence-corrected chi connectivity index (χ3v) is 3.12. The summed E-state index contributed by atoms with van der Waals surface area (Å²) in [5, 5.41) is 9.27. The lowest BCUT2D eigenvalue weighted by Gasteiger charge is -2.07. The monoisotopic (exact) mass is 255 g/mol. The van der Waals surface area contributed by atoms with Crippen molar-refractivity contribution in [2.24, 2.45) is 0 Å². The van der Waals surface area contributed by atoms with E-state index in [1.165, 1.54) is 0 Å². The number of carbonyl (C=O) groups is 1. The minimum atomic E-state index is -0.944. The summed E-state index contributed by atoms with van der Waals surface area (Å²) in [5.41, 5.74) is 2.74. The zero-order chi connectivity index (χ0) is 13.4. The first-order valence-corrected chi connectivity index (χ1v) is 6.02. The lowest BCUT2D eigenvalue weighted by atomic mass is 10.2. The number of nitrogens with zero attached hydrogens (tertiary/aromatic N) is 1. The van der Waals surface area contributed by atoms with Crippen molar-refractivity contribution in [1.82, 2.24) is 4.57 Å². The van der Waals surface area contributed by atoms with E-state index in [1.807, 2.05) is 43.3 Å². The van der Waals surface area contributed by atoms with Gasteiger partial charge in [-0.2, -0.15) is 0 Å². The van der Waals surface area contributed by atoms with Gasteiger partial charge in [-0.1, -0.05) is 30.3 Å². The van der Waals surface area contributed by atoms with Crippen LogP contribution in [-0.2, 0) is 6.54 Å². The van der Waals surface area contributed by atoms with Gasteiger partial charge in [0, 0.05) is 18.7 Å². The number of rotatable bonds is 3. The standard InChI is InChI=1S/C15H13NO3/c1-10-7-12-14(19-10)8-13(15(17)18)16(12)9-11-5-3-2-4-6-11/h2-8H,9H2,1H3,(H,17,18). The van der Waals surface area contributed by atoms with Gasteiger partial charge in [0.25, 0.3) is 0 Å². The predicted molar refractivity (Wildman–Crippen MR) is 71.4 cm³/mol. The Labute approximate surface area is 109 Å². The molecule has 19 heavy (non-hydrogen) atoms. The second-order valence-electron chi connectivity index (χ2n) is 4.51. The molecule has 0 spiro atoms. The Morgan fingerprint density at radius 1 is 1.26 bits per heavy atom. The smallest absolute Gasteiger partial charge is 0.352 e. The van der Waals surface area contributed by atoms with Crippen LogP contribution in [0.4, 0.5) is 0 Å². The van der Waals surface area contributed by atoms with E-state index in [9.17, 15) is 9.90 Å². The number of carboxylic acids is 1. The summed E-state index contributed by atoms with van der Waals surface area (Å²) in [5.74, 6) is -0.163. The molecule has 0 unspecified atom stereocenters. The Morgan fingerprint density at radius 2 is 2.00 bits per heavy atom. The van der Waals surface area contributed by atoms with Crippen molar-refractivity contribution in [3.8, 4) is 0 Å². The normalized spacial score (nSPS) is 11.0. The van der Waals surface area contributed by atoms with E-state index in [4.69, 9.17) is 4.42 Å². The van der Waals surface area contributed by atoms with Gasteiger partial charge in [-0.25, -0.2) is 4.79 Å². The fraction of sp³-hybridized carbons (Fsp3) is 0.133. The van der Waals surface area contributed by atoms with Gasteiger partial charge in [-0.05, 0) is 12.5 Å². The number of carboxylic acid groups (broad SMARTS) is 1. The average molecular weight is 255 g/mol. The first-order chi connectivity index (χ1) is 9.15. The van der Waals surface area contributed by atoms with E-state index < -0.39 is 5.97 Å². The number of aromatic carboxylic acids is 1. The number of hydrogen-bond donors (Lipinski definition) is 1. The van der Waals surface area contributed by atoms with Gasteiger partial charge in [0.05, 0.1) is 5.52 Å². The lowest BCUT2D eigenvalue weighted by Crippen LogP contribution is -2.09. The van der Waals surface area contributed by atoms with Crippen molar-refractivity contribution in [1.29, 1.82) is 0 Å². The summed E-state index contributed by atoms with van der Waals surface area (Å²) in [6.07, 6.45) is 0. The van der Waals surface area contributed by atoms with Crippen LogP contribution in [0.5, 0.6) is 0 Å². The maximum Gasteiger partial charge on any atom is 0.352 e. The number of furan rings is 1. The molecule has 0 atom stereocenters. The number of fused-ring (bicyclic) bond motifs is 1. The fourth-order valence-electron chi connectivity index (χ4n) is 2.28. The summed E-state index contributed by atoms with van der Waals surface area (Å²) in [7, 11) is 0. The van der Waals surface area contributed by atoms with E-state index in [1.54, 1.807) is 10.6 Å². The van der Waals surface area contributed by atoms with Gasteiger partial charge in [-0.15, -0.1) is 0 Å². The van der Waals surface area contributed by atoms with Crippen molar-refractivity contribution < 1.29 is 14.3 Å². The van der Waals surface area contributed by atoms with Crippen LogP contribution < -0.4 is 0 Å². The molecule has 0 saturated carbocycles. The van der Waals surface area contributed by atoms with Crippen molar-refractivity contribution in [2.45, 2.75) is 13.5 Å². The molecule has 2 heterocycles. The Kier molecular flexibility index (Phi) is 2.63. The topological polar surface area (TPSA) is 55.4 Å². The van der Waals surface area contributed by atoms with Crippen LogP contribution in [0.1, 0.15) is 21.8 Å². The molecule has 0 bridgehead atoms. The molecule has 3 aromatic rings. The van der Waals surface area contributed by atoms with Crippen LogP contribution in [0.15, 0.2) is 46.9 Å². The van der Waals surface area contributed by atoms with Crippen LogP contribution in [0.3, 0.4) is 0 Å². The first-order valence-electron chi connectivity index (χ1n) is 6.02. The van der Waals surface area contributed by atoms with E-state index in [2.05, 4.69) is 0 Å². The molecule has 1 N–H and O–H groups in total. The summed E-state index contributed by atoms with van der Waals surface area (Å²) in [6, 6.07) is 13.2. The van der Waals surface area contributed by atoms with E-state index in [0.717, 1.165) is 16.8 Å². The van der Waals surface area contributed by atoms with Gasteiger partial charge in [-0.3, -0.25) is 0 Å². The number of aromatic nitrogens is 1. The summed E-state index contributed by atoms with van der Waals surface area (Å²) >= 11 is 0. The Bertz CT molecular complexity index is 737. The quantitative estimate of drug-likeness (QED) is 0.781. The second kappa shape index (κ2) is 4.31. The summed E-state index contributed by atoms with van der Waals surface area (Å²) < 4.78 is 7.26. The first kappa shape index (κ1) is 11.6. The van der Waals surface area contributed by atoms with E-state index in [-0.39, 0.29) is 5.69 Å². The van der Waals surface area contributed by atoms with Gasteiger partial charge in [0.15, 0.2) is 5.58 Å². The van der Waals surface area contributed by atoms with Crippen LogP contribution in [-0.4, -0.2) is 15.6 Å². The van der Waals surface area contributed by atoms with Gasteiger partial charge in [0.1, 0.15) is 11.5 Å². The molecule has 4 nitrogen and oxygen atoms in total. The molecular weight excluding hydrogens is 242 g/mol. The Morgan fingerprint density at radius 3 is 2.68 bits per heavy atom. The third kappa shape index (κ3) is 2.01. The largest absolute Gasteiger partial charge is 0.477 e. The highest BCUT2D eigenvalue weighted by atomic mass is 16.4. The van der Waals surface area contributed by atoms with Gasteiger partial charge >= 0.3 is 5.97 Å². The SMILES string of the molecule is Cc1cc2c(cc(C(=O)O)n2Cc2ccccc2)o1. The molecule has 0 amide bonds. The summed E-state index contributed by atoms with van der Waals surface area (Å²) in [4.78, 5) is 11.3. The maximum absolute atomic E-state index is 11.3. The van der Waals surface area contributed by atoms with Crippen molar-refractivity contribution in [3.05, 3.63) is 59.5 Å². The molecule has 0 fully saturated rings. The van der Waals surface area contributed by atoms with Crippen LogP contribution in [0.25, 0.3) is 11.1 Å². The van der Waals surface area contributed by atoms with Gasteiger partial charge in [0.2, 0.25) is 0 Å². The van der Waals surface area contributed by atoms with Crippen LogP contribution in [0.2, 0.25) is 0 Å². The lowest BCUT2D eigenvalue weighted by molar-refractivity contribution is 0.0686. The molecular formula is C15H13NO3. The highest BCUT2D eigenvalue weighted by Crippen LogP contribution is 2.24. The summed E-state index contributed by atoms with van der Waals surface area (Å²) in [6.45, 7) is 2.37. The van der Waals surface area contributed by atoms with Crippen molar-refractivity contribution >= 4 is 17.1 Å². The van der Waals surface area contributed by atoms with E-state index in [0.29, 0.717) is 12.1 Å². The zero-order valence-electron chi connectivity index (χ0n) is 10.5. The molecule has 2 aromatic heterocycles. The van der Waals surface area contributed by atoms with Gasteiger partial charge < -0.3 is 14.1 Å². The number of aryl methyl sites for hydroxylation is 1. The average Bonchev–Trinajstić information content (AvgIpc) is 2.89. The Hall–Kier alpha value is -2.49. The Balaban J connectivity index is 2.14. The zero-order valence-corrected chi connectivity index (χ0v) is 10.5. The van der Waals surface area contributed by atoms with E-state index >= 15 is 0 Å². The molecule has 0 aliphatic carbocycles. The van der Waals surface area contributed by atoms with Crippen molar-refractivity contribution in [3.63, 3.8) is 0 Å². The molecule has 3 rings (SSSR count). The number of benzene rings is 1. The molecule has 4 heteroatoms. The highest BCUT2D eigenvalue weighted by molar-refractivity contribution is 5.93. The molecule has 96 valence electrons. The minimum absolute atomic E-state index is 0.248.